The number of halogens is 1. The highest BCUT2D eigenvalue weighted by Gasteiger charge is 2.33. The van der Waals surface area contributed by atoms with E-state index in [0.717, 1.165) is 19.4 Å². The summed E-state index contributed by atoms with van der Waals surface area (Å²) in [6.45, 7) is 4.09. The molecule has 1 heterocycles. The Morgan fingerprint density at radius 1 is 1.48 bits per heavy atom. The van der Waals surface area contributed by atoms with Crippen molar-refractivity contribution in [3.05, 3.63) is 22.7 Å². The highest BCUT2D eigenvalue weighted by Crippen LogP contribution is 2.30. The maximum atomic E-state index is 13.0. The van der Waals surface area contributed by atoms with E-state index in [1.54, 1.807) is 22.5 Å². The Morgan fingerprint density at radius 3 is 2.81 bits per heavy atom. The quantitative estimate of drug-likeness (QED) is 0.826. The lowest BCUT2D eigenvalue weighted by atomic mass is 10.2. The molecule has 1 aromatic rings. The molecular weight excluding hydrogens is 356 g/mol. The van der Waals surface area contributed by atoms with Crippen LogP contribution in [0.4, 0.5) is 0 Å². The molecular formula is C14H21BrN2O3S. The third-order valence-corrected chi connectivity index (χ3v) is 6.56. The Morgan fingerprint density at radius 2 is 2.24 bits per heavy atom. The van der Waals surface area contributed by atoms with Crippen molar-refractivity contribution in [3.8, 4) is 5.75 Å². The van der Waals surface area contributed by atoms with Crippen molar-refractivity contribution in [1.29, 1.82) is 0 Å². The molecule has 1 aliphatic heterocycles. The van der Waals surface area contributed by atoms with E-state index in [1.807, 2.05) is 6.92 Å². The lowest BCUT2D eigenvalue weighted by molar-refractivity contribution is 0.334. The zero-order chi connectivity index (χ0) is 15.5. The molecule has 1 aromatic carbocycles. The number of ether oxygens (including phenoxy) is 1. The molecule has 0 bridgehead atoms. The van der Waals surface area contributed by atoms with Crippen molar-refractivity contribution in [3.63, 3.8) is 0 Å². The van der Waals surface area contributed by atoms with Gasteiger partial charge in [-0.05, 0) is 47.4 Å². The second-order valence-electron chi connectivity index (χ2n) is 5.06. The van der Waals surface area contributed by atoms with Crippen LogP contribution >= 0.6 is 15.9 Å². The van der Waals surface area contributed by atoms with E-state index in [1.165, 1.54) is 7.11 Å². The van der Waals surface area contributed by atoms with E-state index in [2.05, 4.69) is 21.2 Å². The van der Waals surface area contributed by atoms with Crippen LogP contribution in [0.15, 0.2) is 27.6 Å². The highest BCUT2D eigenvalue weighted by molar-refractivity contribution is 9.10. The van der Waals surface area contributed by atoms with E-state index in [4.69, 9.17) is 4.74 Å². The number of benzene rings is 1. The minimum atomic E-state index is -3.54. The molecule has 1 atom stereocenters. The van der Waals surface area contributed by atoms with Gasteiger partial charge in [0.2, 0.25) is 10.0 Å². The molecule has 0 spiro atoms. The zero-order valence-electron chi connectivity index (χ0n) is 12.3. The maximum absolute atomic E-state index is 13.0. The first-order valence-electron chi connectivity index (χ1n) is 7.06. The molecule has 0 aromatic heterocycles. The van der Waals surface area contributed by atoms with Crippen LogP contribution < -0.4 is 10.1 Å². The molecule has 5 nitrogen and oxygen atoms in total. The second-order valence-corrected chi connectivity index (χ2v) is 7.77. The summed E-state index contributed by atoms with van der Waals surface area (Å²) in [6, 6.07) is 5.05. The van der Waals surface area contributed by atoms with Gasteiger partial charge in [0.1, 0.15) is 10.6 Å². The summed E-state index contributed by atoms with van der Waals surface area (Å²) in [6.07, 6.45) is 1.64. The van der Waals surface area contributed by atoms with Gasteiger partial charge in [-0.15, -0.1) is 0 Å². The third-order valence-electron chi connectivity index (χ3n) is 3.61. The number of rotatable bonds is 6. The molecule has 0 saturated carbocycles. The lowest BCUT2D eigenvalue weighted by Gasteiger charge is -2.27. The molecule has 21 heavy (non-hydrogen) atoms. The van der Waals surface area contributed by atoms with Crippen molar-refractivity contribution >= 4 is 26.0 Å². The Bertz CT molecular complexity index is 586. The summed E-state index contributed by atoms with van der Waals surface area (Å²) in [4.78, 5) is 0.266. The van der Waals surface area contributed by atoms with Crippen LogP contribution in [0.3, 0.4) is 0 Å². The maximum Gasteiger partial charge on any atom is 0.244 e. The van der Waals surface area contributed by atoms with Crippen molar-refractivity contribution in [2.75, 3.05) is 26.7 Å². The minimum Gasteiger partial charge on any atom is -0.497 e. The topological polar surface area (TPSA) is 58.6 Å². The van der Waals surface area contributed by atoms with E-state index in [9.17, 15) is 8.42 Å². The SMILES string of the molecule is CCCN(C1CCNC1)S(=O)(=O)c1cc(OC)ccc1Br. The van der Waals surface area contributed by atoms with Crippen molar-refractivity contribution in [1.82, 2.24) is 9.62 Å². The van der Waals surface area contributed by atoms with Gasteiger partial charge in [0.25, 0.3) is 0 Å². The highest BCUT2D eigenvalue weighted by atomic mass is 79.9. The zero-order valence-corrected chi connectivity index (χ0v) is 14.7. The summed E-state index contributed by atoms with van der Waals surface area (Å²) in [5.41, 5.74) is 0. The first-order valence-corrected chi connectivity index (χ1v) is 9.30. The Hall–Kier alpha value is -0.630. The molecule has 1 aliphatic rings. The lowest BCUT2D eigenvalue weighted by Crippen LogP contribution is -2.42. The van der Waals surface area contributed by atoms with Crippen molar-refractivity contribution < 1.29 is 13.2 Å². The predicted octanol–water partition coefficient (Wildman–Crippen LogP) is 2.22. The molecule has 1 fully saturated rings. The van der Waals surface area contributed by atoms with Gasteiger partial charge < -0.3 is 10.1 Å². The molecule has 0 radical (unpaired) electrons. The average Bonchev–Trinajstić information content (AvgIpc) is 2.98. The van der Waals surface area contributed by atoms with Crippen LogP contribution in [0, 0.1) is 0 Å². The van der Waals surface area contributed by atoms with Crippen molar-refractivity contribution in [2.24, 2.45) is 0 Å². The summed E-state index contributed by atoms with van der Waals surface area (Å²) in [5, 5.41) is 3.23. The van der Waals surface area contributed by atoms with Gasteiger partial charge >= 0.3 is 0 Å². The van der Waals surface area contributed by atoms with Gasteiger partial charge in [-0.3, -0.25) is 0 Å². The van der Waals surface area contributed by atoms with Gasteiger partial charge in [-0.2, -0.15) is 4.31 Å². The molecule has 0 aliphatic carbocycles. The van der Waals surface area contributed by atoms with Crippen LogP contribution in [-0.2, 0) is 10.0 Å². The van der Waals surface area contributed by atoms with E-state index < -0.39 is 10.0 Å². The normalized spacial score (nSPS) is 19.1. The fourth-order valence-corrected chi connectivity index (χ4v) is 5.23. The van der Waals surface area contributed by atoms with E-state index in [-0.39, 0.29) is 10.9 Å². The first-order chi connectivity index (χ1) is 10.0. The number of methoxy groups -OCH3 is 1. The third kappa shape index (κ3) is 3.59. The molecule has 1 N–H and O–H groups in total. The summed E-state index contributed by atoms with van der Waals surface area (Å²) < 4.78 is 33.4. The minimum absolute atomic E-state index is 0.0213. The molecule has 2 rings (SSSR count). The van der Waals surface area contributed by atoms with E-state index >= 15 is 0 Å². The largest absolute Gasteiger partial charge is 0.497 e. The molecule has 118 valence electrons. The number of sulfonamides is 1. The monoisotopic (exact) mass is 376 g/mol. The van der Waals surface area contributed by atoms with Crippen LogP contribution in [0.1, 0.15) is 19.8 Å². The number of nitrogens with zero attached hydrogens (tertiary/aromatic N) is 1. The molecule has 1 unspecified atom stereocenters. The Labute approximate surface area is 134 Å². The average molecular weight is 377 g/mol. The van der Waals surface area contributed by atoms with Gasteiger partial charge in [0, 0.05) is 29.7 Å². The number of nitrogens with one attached hydrogen (secondary N) is 1. The Kier molecular flexibility index (Phi) is 5.65. The van der Waals surface area contributed by atoms with Crippen molar-refractivity contribution in [2.45, 2.75) is 30.7 Å². The fourth-order valence-electron chi connectivity index (χ4n) is 2.54. The van der Waals surface area contributed by atoms with Gasteiger partial charge in [-0.1, -0.05) is 6.92 Å². The fraction of sp³-hybridized carbons (Fsp3) is 0.571. The van der Waals surface area contributed by atoms with Gasteiger partial charge in [0.15, 0.2) is 0 Å². The molecule has 1 saturated heterocycles. The van der Waals surface area contributed by atoms with Crippen LogP contribution in [0.25, 0.3) is 0 Å². The van der Waals surface area contributed by atoms with Gasteiger partial charge in [0.05, 0.1) is 7.11 Å². The second kappa shape index (κ2) is 7.09. The van der Waals surface area contributed by atoms with Gasteiger partial charge in [-0.25, -0.2) is 8.42 Å². The number of hydrogen-bond acceptors (Lipinski definition) is 4. The van der Waals surface area contributed by atoms with Crippen LogP contribution in [0.5, 0.6) is 5.75 Å². The number of hydrogen-bond donors (Lipinski definition) is 1. The molecule has 7 heteroatoms. The van der Waals surface area contributed by atoms with Crippen LogP contribution in [-0.4, -0.2) is 45.5 Å². The molecule has 0 amide bonds. The predicted molar refractivity (Wildman–Crippen MR) is 86.2 cm³/mol. The smallest absolute Gasteiger partial charge is 0.244 e. The van der Waals surface area contributed by atoms with Crippen LogP contribution in [0.2, 0.25) is 0 Å². The summed E-state index contributed by atoms with van der Waals surface area (Å²) in [7, 11) is -2.01. The Balaban J connectivity index is 2.42. The summed E-state index contributed by atoms with van der Waals surface area (Å²) >= 11 is 3.35. The summed E-state index contributed by atoms with van der Waals surface area (Å²) in [5.74, 6) is 0.540. The first kappa shape index (κ1) is 16.7. The van der Waals surface area contributed by atoms with E-state index in [0.29, 0.717) is 23.3 Å². The standard InChI is InChI=1S/C14H21BrN2O3S/c1-3-8-17(11-6-7-16-10-11)21(18,19)14-9-12(20-2)4-5-13(14)15/h4-5,9,11,16H,3,6-8,10H2,1-2H3.